The molecule has 17 heavy (non-hydrogen) atoms. The van der Waals surface area contributed by atoms with Crippen molar-refractivity contribution in [1.29, 1.82) is 0 Å². The van der Waals surface area contributed by atoms with Crippen molar-refractivity contribution < 1.29 is 5.11 Å². The maximum absolute atomic E-state index is 11.2. The van der Waals surface area contributed by atoms with E-state index in [1.165, 1.54) is 25.7 Å². The Balaban J connectivity index is 1.79. The molecule has 5 atom stereocenters. The Bertz CT molecular complexity index is 430. The van der Waals surface area contributed by atoms with Crippen molar-refractivity contribution in [2.75, 3.05) is 0 Å². The third kappa shape index (κ3) is 1.33. The summed E-state index contributed by atoms with van der Waals surface area (Å²) in [6.07, 6.45) is 9.96. The maximum atomic E-state index is 11.2. The second-order valence-corrected chi connectivity index (χ2v) is 6.41. The molecule has 1 aromatic rings. The summed E-state index contributed by atoms with van der Waals surface area (Å²) >= 11 is 0. The molecule has 3 fully saturated rings. The Kier molecular flexibility index (Phi) is 1.97. The van der Waals surface area contributed by atoms with E-state index in [1.54, 1.807) is 6.20 Å². The molecule has 1 aromatic heterocycles. The minimum Gasteiger partial charge on any atom is -0.385 e. The van der Waals surface area contributed by atoms with Gasteiger partial charge < -0.3 is 5.11 Å². The molecular formula is C15H19NO. The lowest BCUT2D eigenvalue weighted by molar-refractivity contribution is -0.0873. The van der Waals surface area contributed by atoms with E-state index in [9.17, 15) is 5.11 Å². The standard InChI is InChI=1S/C15H19NO/c17-15(13-2-1-3-16-9-13)8-11-4-10-5-12(6-11)14(15)7-10/h1-3,9-12,14,17H,4-8H2. The molecule has 5 unspecified atom stereocenters. The molecule has 3 aliphatic carbocycles. The number of hydrogen-bond acceptors (Lipinski definition) is 2. The molecule has 0 aliphatic heterocycles. The molecule has 0 spiro atoms. The van der Waals surface area contributed by atoms with E-state index in [2.05, 4.69) is 11.1 Å². The highest BCUT2D eigenvalue weighted by molar-refractivity contribution is 5.23. The molecule has 3 bridgehead atoms. The number of aromatic nitrogens is 1. The quantitative estimate of drug-likeness (QED) is 0.803. The third-order valence-corrected chi connectivity index (χ3v) is 5.47. The van der Waals surface area contributed by atoms with Crippen LogP contribution in [0.15, 0.2) is 24.5 Å². The third-order valence-electron chi connectivity index (χ3n) is 5.47. The van der Waals surface area contributed by atoms with Crippen molar-refractivity contribution >= 4 is 0 Å². The topological polar surface area (TPSA) is 33.1 Å². The molecule has 0 aromatic carbocycles. The van der Waals surface area contributed by atoms with Crippen LogP contribution in [0.1, 0.15) is 37.7 Å². The largest absolute Gasteiger partial charge is 0.385 e. The maximum Gasteiger partial charge on any atom is 0.0944 e. The summed E-state index contributed by atoms with van der Waals surface area (Å²) < 4.78 is 0. The van der Waals surface area contributed by atoms with Crippen LogP contribution >= 0.6 is 0 Å². The van der Waals surface area contributed by atoms with Crippen LogP contribution in [0.3, 0.4) is 0 Å². The molecule has 2 nitrogen and oxygen atoms in total. The van der Waals surface area contributed by atoms with Gasteiger partial charge in [-0.1, -0.05) is 6.07 Å². The van der Waals surface area contributed by atoms with Gasteiger partial charge >= 0.3 is 0 Å². The Morgan fingerprint density at radius 1 is 1.18 bits per heavy atom. The van der Waals surface area contributed by atoms with Gasteiger partial charge in [0.2, 0.25) is 0 Å². The minimum atomic E-state index is -0.576. The van der Waals surface area contributed by atoms with Crippen LogP contribution in [-0.2, 0) is 5.60 Å². The van der Waals surface area contributed by atoms with Crippen molar-refractivity contribution in [2.45, 2.75) is 37.7 Å². The van der Waals surface area contributed by atoms with Crippen molar-refractivity contribution in [3.8, 4) is 0 Å². The van der Waals surface area contributed by atoms with E-state index in [-0.39, 0.29) is 0 Å². The summed E-state index contributed by atoms with van der Waals surface area (Å²) in [6.45, 7) is 0. The SMILES string of the molecule is OC1(c2cccnc2)CC2CC3CC(C2)C1C3. The molecule has 3 aliphatic rings. The predicted octanol–water partition coefficient (Wildman–Crippen LogP) is 2.73. The highest BCUT2D eigenvalue weighted by Gasteiger charge is 2.56. The minimum absolute atomic E-state index is 0.496. The molecule has 0 amide bonds. The van der Waals surface area contributed by atoms with Gasteiger partial charge in [0.15, 0.2) is 0 Å². The number of aliphatic hydroxyl groups is 1. The molecule has 4 rings (SSSR count). The van der Waals surface area contributed by atoms with Crippen LogP contribution in [0.5, 0.6) is 0 Å². The average molecular weight is 229 g/mol. The van der Waals surface area contributed by atoms with Gasteiger partial charge in [-0.25, -0.2) is 0 Å². The highest BCUT2D eigenvalue weighted by Crippen LogP contribution is 2.61. The van der Waals surface area contributed by atoms with Gasteiger partial charge in [0, 0.05) is 18.0 Å². The molecular weight excluding hydrogens is 210 g/mol. The van der Waals surface area contributed by atoms with Gasteiger partial charge in [-0.2, -0.15) is 0 Å². The van der Waals surface area contributed by atoms with E-state index in [4.69, 9.17) is 0 Å². The fourth-order valence-electron chi connectivity index (χ4n) is 4.98. The Morgan fingerprint density at radius 3 is 2.88 bits per heavy atom. The zero-order valence-corrected chi connectivity index (χ0v) is 10.0. The molecule has 1 heterocycles. The van der Waals surface area contributed by atoms with Crippen LogP contribution in [0.4, 0.5) is 0 Å². The van der Waals surface area contributed by atoms with Crippen molar-refractivity contribution in [2.24, 2.45) is 23.7 Å². The molecule has 0 radical (unpaired) electrons. The number of rotatable bonds is 1. The van der Waals surface area contributed by atoms with E-state index in [0.717, 1.165) is 29.7 Å². The van der Waals surface area contributed by atoms with Crippen LogP contribution in [0, 0.1) is 23.7 Å². The van der Waals surface area contributed by atoms with Crippen LogP contribution in [0.2, 0.25) is 0 Å². The highest BCUT2D eigenvalue weighted by atomic mass is 16.3. The second-order valence-electron chi connectivity index (χ2n) is 6.41. The summed E-state index contributed by atoms with van der Waals surface area (Å²) in [7, 11) is 0. The fourth-order valence-corrected chi connectivity index (χ4v) is 4.98. The smallest absolute Gasteiger partial charge is 0.0944 e. The van der Waals surface area contributed by atoms with Crippen LogP contribution in [-0.4, -0.2) is 10.1 Å². The number of hydrogen-bond donors (Lipinski definition) is 1. The monoisotopic (exact) mass is 229 g/mol. The fraction of sp³-hybridized carbons (Fsp3) is 0.667. The molecule has 2 heteroatoms. The molecule has 0 saturated heterocycles. The van der Waals surface area contributed by atoms with Gasteiger partial charge in [0.1, 0.15) is 0 Å². The van der Waals surface area contributed by atoms with Gasteiger partial charge in [-0.15, -0.1) is 0 Å². The zero-order valence-electron chi connectivity index (χ0n) is 10.0. The lowest BCUT2D eigenvalue weighted by Gasteiger charge is -2.45. The van der Waals surface area contributed by atoms with E-state index in [0.29, 0.717) is 5.92 Å². The number of pyridine rings is 1. The lowest BCUT2D eigenvalue weighted by Crippen LogP contribution is -2.43. The van der Waals surface area contributed by atoms with Crippen molar-refractivity contribution in [3.63, 3.8) is 0 Å². The van der Waals surface area contributed by atoms with Crippen molar-refractivity contribution in [1.82, 2.24) is 4.98 Å². The Labute approximate surface area is 102 Å². The molecule has 1 N–H and O–H groups in total. The van der Waals surface area contributed by atoms with E-state index in [1.807, 2.05) is 12.3 Å². The average Bonchev–Trinajstić information content (AvgIpc) is 2.60. The Morgan fingerprint density at radius 2 is 2.06 bits per heavy atom. The summed E-state index contributed by atoms with van der Waals surface area (Å²) in [5, 5.41) is 11.2. The first kappa shape index (κ1) is 10.1. The van der Waals surface area contributed by atoms with Gasteiger partial charge in [-0.3, -0.25) is 4.98 Å². The van der Waals surface area contributed by atoms with Gasteiger partial charge in [0.05, 0.1) is 5.60 Å². The first-order valence-corrected chi connectivity index (χ1v) is 6.88. The van der Waals surface area contributed by atoms with Gasteiger partial charge in [0.25, 0.3) is 0 Å². The van der Waals surface area contributed by atoms with Crippen LogP contribution < -0.4 is 0 Å². The first-order chi connectivity index (χ1) is 8.25. The van der Waals surface area contributed by atoms with E-state index < -0.39 is 5.60 Å². The summed E-state index contributed by atoms with van der Waals surface area (Å²) in [5.74, 6) is 2.92. The lowest BCUT2D eigenvalue weighted by atomic mass is 9.63. The zero-order chi connectivity index (χ0) is 11.5. The number of fused-ring (bicyclic) bond motifs is 2. The first-order valence-electron chi connectivity index (χ1n) is 6.88. The Hall–Kier alpha value is -0.890. The van der Waals surface area contributed by atoms with E-state index >= 15 is 0 Å². The van der Waals surface area contributed by atoms with Crippen LogP contribution in [0.25, 0.3) is 0 Å². The normalized spacial score (nSPS) is 47.4. The second kappa shape index (κ2) is 3.32. The summed E-state index contributed by atoms with van der Waals surface area (Å²) in [5.41, 5.74) is 0.481. The summed E-state index contributed by atoms with van der Waals surface area (Å²) in [6, 6.07) is 4.02. The number of nitrogens with zero attached hydrogens (tertiary/aromatic N) is 1. The molecule has 3 saturated carbocycles. The summed E-state index contributed by atoms with van der Waals surface area (Å²) in [4.78, 5) is 4.20. The van der Waals surface area contributed by atoms with Gasteiger partial charge in [-0.05, 0) is 61.8 Å². The predicted molar refractivity (Wildman–Crippen MR) is 65.2 cm³/mol. The van der Waals surface area contributed by atoms with Crippen molar-refractivity contribution in [3.05, 3.63) is 30.1 Å². The molecule has 90 valence electrons.